The molecule has 1 aromatic carbocycles. The van der Waals surface area contributed by atoms with E-state index in [1.807, 2.05) is 6.08 Å². The second kappa shape index (κ2) is 8.45. The average Bonchev–Trinajstić information content (AvgIpc) is 2.38. The first kappa shape index (κ1) is 14.4. The molecule has 0 amide bonds. The van der Waals surface area contributed by atoms with Crippen LogP contribution in [0.2, 0.25) is 0 Å². The van der Waals surface area contributed by atoms with E-state index < -0.39 is 0 Å². The molecule has 1 rings (SSSR count). The smallest absolute Gasteiger partial charge is 0.258 e. The van der Waals surface area contributed by atoms with Crippen molar-refractivity contribution in [1.82, 2.24) is 0 Å². The molecule has 0 aliphatic carbocycles. The van der Waals surface area contributed by atoms with Crippen LogP contribution in [-0.4, -0.2) is 4.92 Å². The normalized spacial score (nSPS) is 10.9. The van der Waals surface area contributed by atoms with Crippen molar-refractivity contribution in [2.24, 2.45) is 0 Å². The summed E-state index contributed by atoms with van der Waals surface area (Å²) in [5, 5.41) is 10.5. The van der Waals surface area contributed by atoms with Gasteiger partial charge in [-0.3, -0.25) is 10.1 Å². The highest BCUT2D eigenvalue weighted by Crippen LogP contribution is 2.13. The molecule has 0 radical (unpaired) electrons. The number of hydrogen-bond acceptors (Lipinski definition) is 2. The number of hydrogen-bond donors (Lipinski definition) is 0. The summed E-state index contributed by atoms with van der Waals surface area (Å²) < 4.78 is 0. The Kier molecular flexibility index (Phi) is 6.77. The minimum Gasteiger partial charge on any atom is -0.258 e. The van der Waals surface area contributed by atoms with Crippen molar-refractivity contribution < 1.29 is 4.92 Å². The molecule has 18 heavy (non-hydrogen) atoms. The molecular weight excluding hydrogens is 226 g/mol. The zero-order chi connectivity index (χ0) is 13.2. The molecule has 0 aliphatic rings. The number of unbranched alkanes of at least 4 members (excludes halogenated alkanes) is 5. The Hall–Kier alpha value is -1.64. The van der Waals surface area contributed by atoms with Crippen LogP contribution in [0.5, 0.6) is 0 Å². The Labute approximate surface area is 109 Å². The van der Waals surface area contributed by atoms with Crippen LogP contribution in [0.25, 0.3) is 6.08 Å². The molecule has 1 aromatic rings. The molecule has 98 valence electrons. The summed E-state index contributed by atoms with van der Waals surface area (Å²) in [6, 6.07) is 6.65. The summed E-state index contributed by atoms with van der Waals surface area (Å²) >= 11 is 0. The lowest BCUT2D eigenvalue weighted by Crippen LogP contribution is -1.86. The lowest BCUT2D eigenvalue weighted by molar-refractivity contribution is -0.384. The van der Waals surface area contributed by atoms with Gasteiger partial charge in [0.1, 0.15) is 0 Å². The lowest BCUT2D eigenvalue weighted by Gasteiger charge is -1.96. The first-order valence-electron chi connectivity index (χ1n) is 6.65. The Balaban J connectivity index is 2.27. The van der Waals surface area contributed by atoms with Gasteiger partial charge in [-0.15, -0.1) is 0 Å². The predicted octanol–water partition coefficient (Wildman–Crippen LogP) is 4.97. The maximum Gasteiger partial charge on any atom is 0.269 e. The van der Waals surface area contributed by atoms with E-state index in [9.17, 15) is 10.1 Å². The predicted molar refractivity (Wildman–Crippen MR) is 75.5 cm³/mol. The summed E-state index contributed by atoms with van der Waals surface area (Å²) in [6.45, 7) is 2.22. The van der Waals surface area contributed by atoms with Crippen molar-refractivity contribution in [3.63, 3.8) is 0 Å². The van der Waals surface area contributed by atoms with Gasteiger partial charge in [-0.05, 0) is 30.5 Å². The van der Waals surface area contributed by atoms with Crippen LogP contribution in [0.15, 0.2) is 30.3 Å². The van der Waals surface area contributed by atoms with Gasteiger partial charge >= 0.3 is 0 Å². The van der Waals surface area contributed by atoms with Gasteiger partial charge < -0.3 is 0 Å². The molecule has 0 spiro atoms. The van der Waals surface area contributed by atoms with Crippen LogP contribution in [-0.2, 0) is 0 Å². The molecule has 3 nitrogen and oxygen atoms in total. The van der Waals surface area contributed by atoms with E-state index in [1.54, 1.807) is 24.3 Å². The highest BCUT2D eigenvalue weighted by atomic mass is 16.6. The van der Waals surface area contributed by atoms with Crippen LogP contribution in [0.4, 0.5) is 5.69 Å². The Morgan fingerprint density at radius 1 is 1.11 bits per heavy atom. The van der Waals surface area contributed by atoms with Crippen LogP contribution in [0.3, 0.4) is 0 Å². The minimum atomic E-state index is -0.374. The highest BCUT2D eigenvalue weighted by molar-refractivity contribution is 5.51. The summed E-state index contributed by atoms with van der Waals surface area (Å²) in [5.41, 5.74) is 1.17. The molecule has 0 fully saturated rings. The van der Waals surface area contributed by atoms with Gasteiger partial charge in [0.25, 0.3) is 5.69 Å². The van der Waals surface area contributed by atoms with Crippen molar-refractivity contribution in [3.05, 3.63) is 46.0 Å². The summed E-state index contributed by atoms with van der Waals surface area (Å²) in [5.74, 6) is 0. The number of allylic oxidation sites excluding steroid dienone is 1. The summed E-state index contributed by atoms with van der Waals surface area (Å²) in [4.78, 5) is 10.1. The third-order valence-electron chi connectivity index (χ3n) is 2.89. The van der Waals surface area contributed by atoms with E-state index in [2.05, 4.69) is 13.0 Å². The van der Waals surface area contributed by atoms with Crippen LogP contribution < -0.4 is 0 Å². The van der Waals surface area contributed by atoms with E-state index >= 15 is 0 Å². The standard InChI is InChI=1S/C15H21NO2/c1-2-3-4-5-6-7-8-9-14-10-12-15(13-11-14)16(17)18/h8-13H,2-7H2,1H3. The Bertz CT molecular complexity index is 382. The zero-order valence-corrected chi connectivity index (χ0v) is 11.0. The van der Waals surface area contributed by atoms with Crippen molar-refractivity contribution in [3.8, 4) is 0 Å². The molecule has 0 aromatic heterocycles. The maximum absolute atomic E-state index is 10.5. The fraction of sp³-hybridized carbons (Fsp3) is 0.467. The first-order chi connectivity index (χ1) is 8.74. The van der Waals surface area contributed by atoms with Crippen molar-refractivity contribution in [2.45, 2.75) is 45.4 Å². The average molecular weight is 247 g/mol. The molecule has 3 heteroatoms. The van der Waals surface area contributed by atoms with Gasteiger partial charge in [0.2, 0.25) is 0 Å². The molecule has 0 atom stereocenters. The fourth-order valence-electron chi connectivity index (χ4n) is 1.79. The quantitative estimate of drug-likeness (QED) is 0.370. The maximum atomic E-state index is 10.5. The topological polar surface area (TPSA) is 43.1 Å². The van der Waals surface area contributed by atoms with Gasteiger partial charge in [0.05, 0.1) is 4.92 Å². The van der Waals surface area contributed by atoms with E-state index in [0.717, 1.165) is 12.0 Å². The Morgan fingerprint density at radius 2 is 1.78 bits per heavy atom. The van der Waals surface area contributed by atoms with Crippen molar-refractivity contribution in [1.29, 1.82) is 0 Å². The molecule has 0 saturated heterocycles. The molecule has 0 bridgehead atoms. The third-order valence-corrected chi connectivity index (χ3v) is 2.89. The van der Waals surface area contributed by atoms with E-state index in [4.69, 9.17) is 0 Å². The number of rotatable bonds is 8. The largest absolute Gasteiger partial charge is 0.269 e. The van der Waals surface area contributed by atoms with Crippen LogP contribution >= 0.6 is 0 Å². The number of non-ortho nitro benzene ring substituents is 1. The number of nitro groups is 1. The molecule has 0 heterocycles. The molecule has 0 N–H and O–H groups in total. The van der Waals surface area contributed by atoms with E-state index in [-0.39, 0.29) is 10.6 Å². The number of benzene rings is 1. The monoisotopic (exact) mass is 247 g/mol. The molecule has 0 unspecified atom stereocenters. The molecule has 0 aliphatic heterocycles. The van der Waals surface area contributed by atoms with Crippen molar-refractivity contribution in [2.75, 3.05) is 0 Å². The van der Waals surface area contributed by atoms with Gasteiger partial charge in [0.15, 0.2) is 0 Å². The summed E-state index contributed by atoms with van der Waals surface area (Å²) in [7, 11) is 0. The first-order valence-corrected chi connectivity index (χ1v) is 6.65. The molecule has 0 saturated carbocycles. The fourth-order valence-corrected chi connectivity index (χ4v) is 1.79. The van der Waals surface area contributed by atoms with Crippen LogP contribution in [0.1, 0.15) is 51.0 Å². The van der Waals surface area contributed by atoms with E-state index in [0.29, 0.717) is 0 Å². The number of nitrogens with zero attached hydrogens (tertiary/aromatic N) is 1. The highest BCUT2D eigenvalue weighted by Gasteiger charge is 2.01. The minimum absolute atomic E-state index is 0.145. The SMILES string of the molecule is CCCCCCCC=Cc1ccc([N+](=O)[O-])cc1. The lowest BCUT2D eigenvalue weighted by atomic mass is 10.1. The van der Waals surface area contributed by atoms with Crippen LogP contribution in [0, 0.1) is 10.1 Å². The van der Waals surface area contributed by atoms with Gasteiger partial charge in [-0.2, -0.15) is 0 Å². The Morgan fingerprint density at radius 3 is 2.39 bits per heavy atom. The third kappa shape index (κ3) is 5.62. The van der Waals surface area contributed by atoms with Gasteiger partial charge in [-0.1, -0.05) is 44.8 Å². The van der Waals surface area contributed by atoms with E-state index in [1.165, 1.54) is 32.1 Å². The molecular formula is C15H21NO2. The van der Waals surface area contributed by atoms with Crippen molar-refractivity contribution >= 4 is 11.8 Å². The second-order valence-electron chi connectivity index (χ2n) is 4.45. The zero-order valence-electron chi connectivity index (χ0n) is 11.0. The number of nitro benzene ring substituents is 1. The van der Waals surface area contributed by atoms with Gasteiger partial charge in [-0.25, -0.2) is 0 Å². The second-order valence-corrected chi connectivity index (χ2v) is 4.45. The van der Waals surface area contributed by atoms with Gasteiger partial charge in [0, 0.05) is 12.1 Å². The summed E-state index contributed by atoms with van der Waals surface area (Å²) in [6.07, 6.45) is 11.7.